The van der Waals surface area contributed by atoms with E-state index in [0.717, 1.165) is 31.2 Å². The van der Waals surface area contributed by atoms with Gasteiger partial charge in [-0.2, -0.15) is 0 Å². The number of hydrogen-bond donors (Lipinski definition) is 2. The van der Waals surface area contributed by atoms with Gasteiger partial charge < -0.3 is 15.8 Å². The molecule has 1 aromatic rings. The van der Waals surface area contributed by atoms with Crippen molar-refractivity contribution in [2.24, 2.45) is 23.5 Å². The number of fused-ring (bicyclic) bond motifs is 2. The van der Waals surface area contributed by atoms with Crippen LogP contribution in [0.1, 0.15) is 54.9 Å². The van der Waals surface area contributed by atoms with Gasteiger partial charge in [0.15, 0.2) is 0 Å². The molecule has 2 aliphatic rings. The number of nitrogens with one attached hydrogen (secondary N) is 1. The molecule has 25 heavy (non-hydrogen) atoms. The van der Waals surface area contributed by atoms with Crippen LogP contribution in [0.25, 0.3) is 0 Å². The molecule has 136 valence electrons. The van der Waals surface area contributed by atoms with E-state index in [1.54, 1.807) is 19.1 Å². The lowest BCUT2D eigenvalue weighted by Crippen LogP contribution is -2.49. The van der Waals surface area contributed by atoms with Gasteiger partial charge in [0, 0.05) is 18.5 Å². The smallest absolute Gasteiger partial charge is 0.338 e. The molecule has 3 rings (SSSR count). The molecular weight excluding hydrogens is 316 g/mol. The Labute approximate surface area is 149 Å². The number of amides is 1. The SMILES string of the molecule is CCOC(=O)c1ccc(CNC(=O)C2CC3CCCC(C2)C3N)cc1. The Bertz CT molecular complexity index is 600. The molecule has 2 atom stereocenters. The lowest BCUT2D eigenvalue weighted by atomic mass is 9.65. The van der Waals surface area contributed by atoms with Crippen molar-refractivity contribution in [3.63, 3.8) is 0 Å². The van der Waals surface area contributed by atoms with E-state index in [0.29, 0.717) is 30.6 Å². The van der Waals surface area contributed by atoms with E-state index >= 15 is 0 Å². The van der Waals surface area contributed by atoms with Crippen molar-refractivity contribution in [1.82, 2.24) is 5.32 Å². The summed E-state index contributed by atoms with van der Waals surface area (Å²) in [5.41, 5.74) is 7.82. The largest absolute Gasteiger partial charge is 0.462 e. The van der Waals surface area contributed by atoms with Crippen molar-refractivity contribution in [2.75, 3.05) is 6.61 Å². The number of esters is 1. The summed E-state index contributed by atoms with van der Waals surface area (Å²) in [5, 5.41) is 3.05. The molecule has 5 heteroatoms. The third kappa shape index (κ3) is 4.21. The minimum atomic E-state index is -0.317. The lowest BCUT2D eigenvalue weighted by Gasteiger charge is -2.43. The summed E-state index contributed by atoms with van der Waals surface area (Å²) in [6.45, 7) is 2.64. The Morgan fingerprint density at radius 3 is 2.40 bits per heavy atom. The quantitative estimate of drug-likeness (QED) is 0.805. The molecule has 0 saturated heterocycles. The maximum absolute atomic E-state index is 12.5. The predicted molar refractivity (Wildman–Crippen MR) is 95.8 cm³/mol. The third-order valence-electron chi connectivity index (χ3n) is 5.72. The zero-order valence-corrected chi connectivity index (χ0v) is 14.9. The summed E-state index contributed by atoms with van der Waals surface area (Å²) >= 11 is 0. The van der Waals surface area contributed by atoms with Gasteiger partial charge in [0.1, 0.15) is 0 Å². The zero-order chi connectivity index (χ0) is 17.8. The van der Waals surface area contributed by atoms with Crippen molar-refractivity contribution in [1.29, 1.82) is 0 Å². The Balaban J connectivity index is 1.51. The second-order valence-corrected chi connectivity index (χ2v) is 7.33. The summed E-state index contributed by atoms with van der Waals surface area (Å²) in [5.74, 6) is 0.926. The van der Waals surface area contributed by atoms with Gasteiger partial charge in [0.25, 0.3) is 0 Å². The first-order chi connectivity index (χ1) is 12.1. The number of ether oxygens (including phenoxy) is 1. The molecule has 2 saturated carbocycles. The highest BCUT2D eigenvalue weighted by atomic mass is 16.5. The van der Waals surface area contributed by atoms with Crippen molar-refractivity contribution < 1.29 is 14.3 Å². The van der Waals surface area contributed by atoms with Crippen molar-refractivity contribution in [3.05, 3.63) is 35.4 Å². The molecule has 2 bridgehead atoms. The van der Waals surface area contributed by atoms with Crippen LogP contribution in [0.2, 0.25) is 0 Å². The molecule has 0 aromatic heterocycles. The van der Waals surface area contributed by atoms with Crippen LogP contribution in [0.4, 0.5) is 0 Å². The first-order valence-corrected chi connectivity index (χ1v) is 9.37. The topological polar surface area (TPSA) is 81.4 Å². The Morgan fingerprint density at radius 2 is 1.80 bits per heavy atom. The van der Waals surface area contributed by atoms with Gasteiger partial charge in [-0.1, -0.05) is 18.6 Å². The normalized spacial score (nSPS) is 28.2. The van der Waals surface area contributed by atoms with Crippen LogP contribution in [-0.4, -0.2) is 24.5 Å². The fourth-order valence-corrected chi connectivity index (χ4v) is 4.31. The van der Waals surface area contributed by atoms with Gasteiger partial charge in [0.2, 0.25) is 5.91 Å². The van der Waals surface area contributed by atoms with Gasteiger partial charge >= 0.3 is 5.97 Å². The van der Waals surface area contributed by atoms with E-state index in [1.165, 1.54) is 6.42 Å². The van der Waals surface area contributed by atoms with Gasteiger partial charge in [0.05, 0.1) is 12.2 Å². The van der Waals surface area contributed by atoms with Gasteiger partial charge in [-0.05, 0) is 62.1 Å². The van der Waals surface area contributed by atoms with Gasteiger partial charge in [-0.15, -0.1) is 0 Å². The molecule has 1 amide bonds. The van der Waals surface area contributed by atoms with Crippen molar-refractivity contribution in [3.8, 4) is 0 Å². The Morgan fingerprint density at radius 1 is 1.16 bits per heavy atom. The van der Waals surface area contributed by atoms with Crippen molar-refractivity contribution >= 4 is 11.9 Å². The molecule has 2 aliphatic carbocycles. The van der Waals surface area contributed by atoms with Crippen LogP contribution < -0.4 is 11.1 Å². The Kier molecular flexibility index (Phi) is 5.74. The van der Waals surface area contributed by atoms with Crippen LogP contribution in [0.15, 0.2) is 24.3 Å². The van der Waals surface area contributed by atoms with Crippen LogP contribution in [0, 0.1) is 17.8 Å². The standard InChI is InChI=1S/C20H28N2O3/c1-2-25-20(24)14-8-6-13(7-9-14)12-22-19(23)17-10-15-4-3-5-16(11-17)18(15)21/h6-9,15-18H,2-5,10-12,21H2,1H3,(H,22,23). The highest BCUT2D eigenvalue weighted by molar-refractivity contribution is 5.89. The second kappa shape index (κ2) is 8.00. The molecule has 0 heterocycles. The van der Waals surface area contributed by atoms with E-state index in [2.05, 4.69) is 5.32 Å². The molecule has 2 unspecified atom stereocenters. The summed E-state index contributed by atoms with van der Waals surface area (Å²) in [7, 11) is 0. The second-order valence-electron chi connectivity index (χ2n) is 7.33. The number of hydrogen-bond acceptors (Lipinski definition) is 4. The molecule has 2 fully saturated rings. The maximum Gasteiger partial charge on any atom is 0.338 e. The van der Waals surface area contributed by atoms with Gasteiger partial charge in [-0.3, -0.25) is 4.79 Å². The zero-order valence-electron chi connectivity index (χ0n) is 14.9. The average Bonchev–Trinajstić information content (AvgIpc) is 2.60. The van der Waals surface area contributed by atoms with Crippen LogP contribution in [0.5, 0.6) is 0 Å². The van der Waals surface area contributed by atoms with Crippen molar-refractivity contribution in [2.45, 2.75) is 51.6 Å². The third-order valence-corrected chi connectivity index (χ3v) is 5.72. The fraction of sp³-hybridized carbons (Fsp3) is 0.600. The van der Waals surface area contributed by atoms with E-state index in [1.807, 2.05) is 12.1 Å². The van der Waals surface area contributed by atoms with E-state index in [9.17, 15) is 9.59 Å². The first kappa shape index (κ1) is 17.9. The van der Waals surface area contributed by atoms with E-state index in [4.69, 9.17) is 10.5 Å². The average molecular weight is 344 g/mol. The number of nitrogens with two attached hydrogens (primary N) is 1. The predicted octanol–water partition coefficient (Wildman–Crippen LogP) is 2.63. The van der Waals surface area contributed by atoms with E-state index < -0.39 is 0 Å². The highest BCUT2D eigenvalue weighted by Gasteiger charge is 2.40. The number of benzene rings is 1. The number of carbonyl (C=O) groups excluding carboxylic acids is 2. The van der Waals surface area contributed by atoms with Crippen LogP contribution in [0.3, 0.4) is 0 Å². The monoisotopic (exact) mass is 344 g/mol. The van der Waals surface area contributed by atoms with Crippen LogP contribution in [-0.2, 0) is 16.1 Å². The number of carbonyl (C=O) groups is 2. The summed E-state index contributed by atoms with van der Waals surface area (Å²) in [6.07, 6.45) is 5.42. The molecular formula is C20H28N2O3. The minimum Gasteiger partial charge on any atom is -0.462 e. The highest BCUT2D eigenvalue weighted by Crippen LogP contribution is 2.41. The maximum atomic E-state index is 12.5. The number of rotatable bonds is 5. The minimum absolute atomic E-state index is 0.0916. The Hall–Kier alpha value is -1.88. The summed E-state index contributed by atoms with van der Waals surface area (Å²) in [4.78, 5) is 24.2. The molecule has 3 N–H and O–H groups in total. The summed E-state index contributed by atoms with van der Waals surface area (Å²) < 4.78 is 4.97. The van der Waals surface area contributed by atoms with Gasteiger partial charge in [-0.25, -0.2) is 4.79 Å². The fourth-order valence-electron chi connectivity index (χ4n) is 4.31. The molecule has 1 aromatic carbocycles. The summed E-state index contributed by atoms with van der Waals surface area (Å²) in [6, 6.07) is 7.48. The molecule has 5 nitrogen and oxygen atoms in total. The molecule has 0 spiro atoms. The molecule has 0 radical (unpaired) electrons. The molecule has 0 aliphatic heterocycles. The lowest BCUT2D eigenvalue weighted by molar-refractivity contribution is -0.128. The first-order valence-electron chi connectivity index (χ1n) is 9.37. The van der Waals surface area contributed by atoms with Crippen LogP contribution >= 0.6 is 0 Å². The van der Waals surface area contributed by atoms with E-state index in [-0.39, 0.29) is 23.8 Å².